The zero-order valence-electron chi connectivity index (χ0n) is 30.2. The minimum atomic E-state index is -0.812. The molecule has 1 aliphatic rings. The zero-order chi connectivity index (χ0) is 36.7. The fourth-order valence-electron chi connectivity index (χ4n) is 6.87. The van der Waals surface area contributed by atoms with Crippen molar-refractivity contribution in [3.63, 3.8) is 0 Å². The molecule has 2 heterocycles. The lowest BCUT2D eigenvalue weighted by atomic mass is 9.77. The van der Waals surface area contributed by atoms with E-state index in [2.05, 4.69) is 53.8 Å². The molecule has 0 atom stereocenters. The van der Waals surface area contributed by atoms with Crippen LogP contribution in [0.25, 0.3) is 22.0 Å². The molecule has 0 saturated carbocycles. The van der Waals surface area contributed by atoms with Crippen LogP contribution in [0.4, 0.5) is 10.6 Å². The number of ether oxygens (including phenoxy) is 1. The number of piperidine rings is 1. The number of aryl methyl sites for hydroxylation is 1. The summed E-state index contributed by atoms with van der Waals surface area (Å²) in [6.07, 6.45) is 3.97. The van der Waals surface area contributed by atoms with Gasteiger partial charge >= 0.3 is 6.09 Å². The summed E-state index contributed by atoms with van der Waals surface area (Å²) in [6.45, 7) is 9.42. The van der Waals surface area contributed by atoms with E-state index in [1.165, 1.54) is 6.42 Å². The number of amides is 2. The first-order chi connectivity index (χ1) is 25.1. The van der Waals surface area contributed by atoms with Crippen LogP contribution in [0, 0.1) is 6.92 Å². The van der Waals surface area contributed by atoms with Crippen molar-refractivity contribution in [3.8, 4) is 11.1 Å². The fraction of sp³-hybridized carbons (Fsp3) is 0.250. The van der Waals surface area contributed by atoms with Crippen molar-refractivity contribution >= 4 is 40.8 Å². The highest BCUT2D eigenvalue weighted by Gasteiger charge is 2.41. The van der Waals surface area contributed by atoms with Crippen LogP contribution in [0.1, 0.15) is 62.3 Å². The number of likely N-dealkylation sites (tertiary alicyclic amines) is 1. The average molecular weight is 713 g/mol. The van der Waals surface area contributed by atoms with Gasteiger partial charge < -0.3 is 15.0 Å². The lowest BCUT2D eigenvalue weighted by molar-refractivity contribution is -0.105. The van der Waals surface area contributed by atoms with Crippen molar-refractivity contribution in [2.45, 2.75) is 58.1 Å². The number of benzene rings is 5. The third-order valence-corrected chi connectivity index (χ3v) is 9.52. The number of anilines is 1. The molecule has 0 bridgehead atoms. The van der Waals surface area contributed by atoms with Crippen LogP contribution in [0.3, 0.4) is 0 Å². The number of aromatic nitrogens is 2. The summed E-state index contributed by atoms with van der Waals surface area (Å²) in [6, 6.07) is 43.3. The number of rotatable bonds is 7. The first-order valence-electron chi connectivity index (χ1n) is 17.8. The number of hydrogen-bond acceptors (Lipinski definition) is 4. The number of nitrogens with zero attached hydrogens (tertiary/aromatic N) is 3. The van der Waals surface area contributed by atoms with E-state index in [0.717, 1.165) is 70.2 Å². The van der Waals surface area contributed by atoms with E-state index in [0.29, 0.717) is 17.3 Å². The van der Waals surface area contributed by atoms with E-state index in [1.807, 2.05) is 111 Å². The Morgan fingerprint density at radius 2 is 1.33 bits per heavy atom. The molecular weight excluding hydrogens is 668 g/mol. The molecule has 1 fully saturated rings. The van der Waals surface area contributed by atoms with Gasteiger partial charge in [-0.15, -0.1) is 0 Å². The number of fused-ring (bicyclic) bond motifs is 1. The Bertz CT molecular complexity index is 2020. The topological polar surface area (TPSA) is 76.5 Å². The van der Waals surface area contributed by atoms with Gasteiger partial charge in [0.2, 0.25) is 6.41 Å². The molecule has 7 nitrogen and oxygen atoms in total. The van der Waals surface area contributed by atoms with E-state index < -0.39 is 5.54 Å². The molecule has 2 amide bonds. The van der Waals surface area contributed by atoms with Crippen LogP contribution >= 0.6 is 11.6 Å². The van der Waals surface area contributed by atoms with Crippen molar-refractivity contribution in [3.05, 3.63) is 155 Å². The Morgan fingerprint density at radius 1 is 0.769 bits per heavy atom. The predicted molar refractivity (Wildman–Crippen MR) is 211 cm³/mol. The van der Waals surface area contributed by atoms with Gasteiger partial charge in [0.05, 0.1) is 5.52 Å². The molecular formula is C44H45ClN4O3. The summed E-state index contributed by atoms with van der Waals surface area (Å²) in [5.74, 6) is 0.484. The summed E-state index contributed by atoms with van der Waals surface area (Å²) in [7, 11) is 0. The van der Waals surface area contributed by atoms with E-state index in [1.54, 1.807) is 4.90 Å². The fourth-order valence-corrected chi connectivity index (χ4v) is 7.21. The van der Waals surface area contributed by atoms with Crippen molar-refractivity contribution in [2.24, 2.45) is 0 Å². The van der Waals surface area contributed by atoms with Gasteiger partial charge in [-0.25, -0.2) is 9.48 Å². The first kappa shape index (κ1) is 36.4. The van der Waals surface area contributed by atoms with Crippen LogP contribution in [0.5, 0.6) is 0 Å². The second-order valence-corrected chi connectivity index (χ2v) is 14.5. The van der Waals surface area contributed by atoms with Crippen LogP contribution in [0.2, 0.25) is 5.02 Å². The van der Waals surface area contributed by atoms with Crippen LogP contribution in [0.15, 0.2) is 127 Å². The maximum absolute atomic E-state index is 11.8. The molecule has 6 aromatic rings. The third-order valence-electron chi connectivity index (χ3n) is 9.21. The first-order valence-corrected chi connectivity index (χ1v) is 18.1. The average Bonchev–Trinajstić information content (AvgIpc) is 3.51. The van der Waals surface area contributed by atoms with Crippen molar-refractivity contribution in [1.82, 2.24) is 14.7 Å². The number of nitrogens with one attached hydrogen (secondary N) is 1. The van der Waals surface area contributed by atoms with Crippen molar-refractivity contribution in [1.29, 1.82) is 0 Å². The standard InChI is InChI=1S/C34H26ClN3O.C10H19NO2/c1-24-17-19-29(31(35)21-24)25-18-20-32-30(22-25)33(36-23-39)37-38(32)34(26-11-5-2-6-12-26,27-13-7-3-8-14-27)28-15-9-4-10-16-28;1-10(2,3)13-9(12)11-7-5-4-6-8-11/h2-23H,1H3,(H,36,37,39);4-8H2,1-3H3. The molecule has 8 heteroatoms. The van der Waals surface area contributed by atoms with E-state index in [9.17, 15) is 9.59 Å². The van der Waals surface area contributed by atoms with Crippen molar-refractivity contribution < 1.29 is 14.3 Å². The van der Waals surface area contributed by atoms with Gasteiger partial charge in [-0.3, -0.25) is 4.79 Å². The summed E-state index contributed by atoms with van der Waals surface area (Å²) >= 11 is 6.64. The molecule has 1 aliphatic heterocycles. The van der Waals surface area contributed by atoms with Gasteiger partial charge in [0.25, 0.3) is 0 Å². The smallest absolute Gasteiger partial charge is 0.410 e. The molecule has 5 aromatic carbocycles. The predicted octanol–water partition coefficient (Wildman–Crippen LogP) is 10.5. The van der Waals surface area contributed by atoms with Gasteiger partial charge in [-0.05, 0) is 93.0 Å². The van der Waals surface area contributed by atoms with Crippen molar-refractivity contribution in [2.75, 3.05) is 18.4 Å². The molecule has 0 spiro atoms. The largest absolute Gasteiger partial charge is 0.444 e. The Labute approximate surface area is 311 Å². The summed E-state index contributed by atoms with van der Waals surface area (Å²) < 4.78 is 7.30. The van der Waals surface area contributed by atoms with Gasteiger partial charge in [0.15, 0.2) is 5.82 Å². The van der Waals surface area contributed by atoms with Crippen LogP contribution in [-0.2, 0) is 15.1 Å². The lowest BCUT2D eigenvalue weighted by Crippen LogP contribution is -2.39. The number of halogens is 1. The normalized spacial score (nSPS) is 13.2. The van der Waals surface area contributed by atoms with Gasteiger partial charge in [-0.1, -0.05) is 121 Å². The maximum Gasteiger partial charge on any atom is 0.410 e. The summed E-state index contributed by atoms with van der Waals surface area (Å²) in [5, 5.41) is 9.45. The number of carbonyl (C=O) groups excluding carboxylic acids is 2. The van der Waals surface area contributed by atoms with Gasteiger partial charge in [0, 0.05) is 29.1 Å². The number of hydrogen-bond donors (Lipinski definition) is 1. The molecule has 0 aliphatic carbocycles. The quantitative estimate of drug-likeness (QED) is 0.132. The highest BCUT2D eigenvalue weighted by molar-refractivity contribution is 6.33. The molecule has 1 aromatic heterocycles. The second kappa shape index (κ2) is 15.9. The summed E-state index contributed by atoms with van der Waals surface area (Å²) in [5.41, 5.74) is 5.82. The number of carbonyl (C=O) groups is 2. The van der Waals surface area contributed by atoms with Crippen LogP contribution < -0.4 is 5.32 Å². The molecule has 266 valence electrons. The Morgan fingerprint density at radius 3 is 1.83 bits per heavy atom. The molecule has 1 N–H and O–H groups in total. The molecule has 0 radical (unpaired) electrons. The van der Waals surface area contributed by atoms with Gasteiger partial charge in [-0.2, -0.15) is 5.10 Å². The van der Waals surface area contributed by atoms with E-state index in [4.69, 9.17) is 21.4 Å². The molecule has 7 rings (SSSR count). The minimum Gasteiger partial charge on any atom is -0.444 e. The highest BCUT2D eigenvalue weighted by atomic mass is 35.5. The summed E-state index contributed by atoms with van der Waals surface area (Å²) in [4.78, 5) is 25.1. The Balaban J connectivity index is 0.000000303. The highest BCUT2D eigenvalue weighted by Crippen LogP contribution is 2.44. The third kappa shape index (κ3) is 7.75. The lowest BCUT2D eigenvalue weighted by Gasteiger charge is -2.37. The molecule has 0 unspecified atom stereocenters. The van der Waals surface area contributed by atoms with E-state index in [-0.39, 0.29) is 11.7 Å². The second-order valence-electron chi connectivity index (χ2n) is 14.1. The van der Waals surface area contributed by atoms with Crippen LogP contribution in [-0.4, -0.2) is 45.9 Å². The monoisotopic (exact) mass is 712 g/mol. The minimum absolute atomic E-state index is 0.160. The molecule has 1 saturated heterocycles. The van der Waals surface area contributed by atoms with Gasteiger partial charge in [0.1, 0.15) is 11.1 Å². The maximum atomic E-state index is 11.8. The Hall–Kier alpha value is -5.40. The Kier molecular flexibility index (Phi) is 11.1. The van der Waals surface area contributed by atoms with E-state index >= 15 is 0 Å². The SMILES string of the molecule is CC(C)(C)OC(=O)N1CCCCC1.Cc1ccc(-c2ccc3c(c2)c(NC=O)nn3C(c2ccccc2)(c2ccccc2)c2ccccc2)c(Cl)c1. The molecule has 52 heavy (non-hydrogen) atoms. The zero-order valence-corrected chi connectivity index (χ0v) is 30.9.